The van der Waals surface area contributed by atoms with Crippen LogP contribution in [0.5, 0.6) is 0 Å². The highest BCUT2D eigenvalue weighted by Gasteiger charge is 2.40. The first-order chi connectivity index (χ1) is 61.1. The van der Waals surface area contributed by atoms with E-state index in [0.29, 0.717) is 30.4 Å². The van der Waals surface area contributed by atoms with Crippen molar-refractivity contribution in [1.82, 2.24) is 35.4 Å². The normalized spacial score (nSPS) is 17.7. The molecule has 0 bridgehead atoms. The van der Waals surface area contributed by atoms with Crippen molar-refractivity contribution in [1.29, 1.82) is 0 Å². The second-order valence-corrected chi connectivity index (χ2v) is 27.1. The van der Waals surface area contributed by atoms with Gasteiger partial charge in [0.15, 0.2) is 6.61 Å². The van der Waals surface area contributed by atoms with Crippen molar-refractivity contribution in [2.45, 2.75) is 133 Å². The average Bonchev–Trinajstić information content (AvgIpc) is 1.78. The van der Waals surface area contributed by atoms with Crippen molar-refractivity contribution in [2.75, 3.05) is 198 Å². The summed E-state index contributed by atoms with van der Waals surface area (Å²) in [5, 5.41) is 6.89. The molecule has 708 valence electrons. The SMILES string of the molecule is CC(COCC(COCC(COCC(COCC(COCC(COOOCC(=O)ON1C(=O)CCC1=O)OCCOCC(=O)ON1C(=O)CCC1=O)OCCOCC(=O)ON1C(=O)CCC1=O)OCCOCC(=O)ON1C(=O)CCC1=O)OCCOCC(=O)ON1C(=O)CCC1=O)OCCOCC(=O)ON1C(=O)CCC1=O)OCCOCC(=O)ON1C(=O)CCC1=O. The lowest BCUT2D eigenvalue weighted by molar-refractivity contribution is -0.513. The van der Waals surface area contributed by atoms with E-state index in [-0.39, 0.29) is 227 Å². The Kier molecular flexibility index (Phi) is 46.7. The summed E-state index contributed by atoms with van der Waals surface area (Å²) < 4.78 is 98.1. The van der Waals surface area contributed by atoms with E-state index in [2.05, 4.69) is 5.04 Å². The topological polar surface area (TPSA) is 630 Å². The van der Waals surface area contributed by atoms with Crippen molar-refractivity contribution in [3.8, 4) is 0 Å². The molecule has 0 radical (unpaired) electrons. The van der Waals surface area contributed by atoms with E-state index in [4.69, 9.17) is 124 Å². The van der Waals surface area contributed by atoms with Gasteiger partial charge in [-0.1, -0.05) is 5.04 Å². The van der Waals surface area contributed by atoms with E-state index in [0.717, 1.165) is 0 Å². The predicted octanol–water partition coefficient (Wildman–Crippen LogP) is -6.37. The molecule has 7 rings (SSSR count). The summed E-state index contributed by atoms with van der Waals surface area (Å²) >= 11 is 0. The minimum absolute atomic E-state index is 0.0619. The molecule has 14 amide bonds. The van der Waals surface area contributed by atoms with Gasteiger partial charge < -0.3 is 114 Å². The molecule has 6 atom stereocenters. The van der Waals surface area contributed by atoms with Gasteiger partial charge in [0.05, 0.1) is 151 Å². The van der Waals surface area contributed by atoms with Gasteiger partial charge in [-0.3, -0.25) is 67.1 Å². The fourth-order valence-electron chi connectivity index (χ4n) is 10.8. The third-order valence-electron chi connectivity index (χ3n) is 16.9. The van der Waals surface area contributed by atoms with Crippen LogP contribution in [0.15, 0.2) is 0 Å². The molecule has 127 heavy (non-hydrogen) atoms. The summed E-state index contributed by atoms with van der Waals surface area (Å²) in [6.07, 6.45) is -8.31. The molecule has 55 heteroatoms. The minimum Gasteiger partial charge on any atom is -0.376 e. The van der Waals surface area contributed by atoms with Crippen molar-refractivity contribution in [3.05, 3.63) is 0 Å². The Labute approximate surface area is 719 Å². The first-order valence-corrected chi connectivity index (χ1v) is 39.5. The Morgan fingerprint density at radius 2 is 0.370 bits per heavy atom. The molecule has 0 spiro atoms. The molecule has 0 aromatic rings. The molecule has 0 aromatic heterocycles. The van der Waals surface area contributed by atoms with Crippen LogP contribution in [0.2, 0.25) is 0 Å². The largest absolute Gasteiger partial charge is 0.376 e. The predicted molar refractivity (Wildman–Crippen MR) is 386 cm³/mol. The summed E-state index contributed by atoms with van der Waals surface area (Å²) in [5.41, 5.74) is 0. The van der Waals surface area contributed by atoms with E-state index >= 15 is 0 Å². The lowest BCUT2D eigenvalue weighted by Crippen LogP contribution is -2.36. The average molecular weight is 1830 g/mol. The standard InChI is InChI=1S/C72H97N7O48/c1-46(112-22-16-101-39-66(94)120-73-52(80)2-3-53(73)81)28-107-29-47(113-23-17-102-40-67(95)121-74-54(82)4-5-55(74)83)30-108-31-48(114-24-18-103-41-68(96)122-75-56(84)6-7-57(75)85)32-109-33-49(115-25-19-104-42-69(97)123-76-58(86)8-9-59(76)87)34-110-35-50(116-26-20-105-43-70(98)124-77-60(88)10-11-61(77)89)36-111-37-51(38-118-127-119-45-72(100)126-79-64(92)14-15-65(79)93)117-27-21-106-44-71(99)125-78-62(90)12-13-63(78)91/h46-51H,2-45H2,1H3. The number of imide groups is 7. The highest BCUT2D eigenvalue weighted by molar-refractivity contribution is 6.05. The van der Waals surface area contributed by atoms with E-state index < -0.39 is 227 Å². The van der Waals surface area contributed by atoms with Gasteiger partial charge in [0.25, 0.3) is 82.7 Å². The lowest BCUT2D eigenvalue weighted by Gasteiger charge is -2.24. The van der Waals surface area contributed by atoms with Crippen molar-refractivity contribution in [2.24, 2.45) is 0 Å². The molecule has 7 saturated heterocycles. The van der Waals surface area contributed by atoms with Gasteiger partial charge in [-0.2, -0.15) is 4.89 Å². The first kappa shape index (κ1) is 104. The monoisotopic (exact) mass is 1830 g/mol. The Balaban J connectivity index is 1.01. The molecule has 7 aliphatic rings. The van der Waals surface area contributed by atoms with Crippen molar-refractivity contribution in [3.63, 3.8) is 0 Å². The molecule has 0 saturated carbocycles. The maximum absolute atomic E-state index is 12.6. The van der Waals surface area contributed by atoms with E-state index in [1.54, 1.807) is 6.92 Å². The van der Waals surface area contributed by atoms with Crippen LogP contribution in [-0.2, 0) is 230 Å². The molecule has 7 aliphatic heterocycles. The molecule has 7 heterocycles. The molecule has 0 aromatic carbocycles. The second kappa shape index (κ2) is 57.3. The van der Waals surface area contributed by atoms with Crippen LogP contribution in [0.3, 0.4) is 0 Å². The molecule has 55 nitrogen and oxygen atoms in total. The first-order valence-electron chi connectivity index (χ1n) is 39.5. The van der Waals surface area contributed by atoms with Gasteiger partial charge >= 0.3 is 41.8 Å². The summed E-state index contributed by atoms with van der Waals surface area (Å²) in [5.74, 6) is -18.0. The van der Waals surface area contributed by atoms with E-state index in [1.807, 2.05) is 0 Å². The molecule has 0 aliphatic carbocycles. The molecular formula is C72H97N7O48. The zero-order chi connectivity index (χ0) is 91.8. The van der Waals surface area contributed by atoms with Gasteiger partial charge in [0, 0.05) is 89.9 Å². The number of hydrogen-bond acceptors (Lipinski definition) is 48. The number of nitrogens with zero attached hydrogens (tertiary/aromatic N) is 7. The summed E-state index contributed by atoms with van der Waals surface area (Å²) in [6.45, 7) is -10.7. The Morgan fingerprint density at radius 3 is 0.567 bits per heavy atom. The van der Waals surface area contributed by atoms with Crippen LogP contribution in [0.1, 0.15) is 96.8 Å². The number of amides is 14. The summed E-state index contributed by atoms with van der Waals surface area (Å²) in [6, 6.07) is 0. The number of carbonyl (C=O) groups excluding carboxylic acids is 21. The van der Waals surface area contributed by atoms with Crippen LogP contribution >= 0.6 is 0 Å². The molecule has 7 fully saturated rings. The number of rotatable bonds is 69. The van der Waals surface area contributed by atoms with Crippen LogP contribution in [0.25, 0.3) is 0 Å². The smallest absolute Gasteiger partial charge is 0.362 e. The maximum atomic E-state index is 12.6. The van der Waals surface area contributed by atoms with Gasteiger partial charge in [0.1, 0.15) is 76.8 Å². The third kappa shape index (κ3) is 39.3. The molecule has 0 N–H and O–H groups in total. The number of ether oxygens (including phenoxy) is 17. The van der Waals surface area contributed by atoms with Gasteiger partial charge in [-0.25, -0.2) is 38.4 Å². The maximum Gasteiger partial charge on any atom is 0.362 e. The molecule has 6 unspecified atom stereocenters. The highest BCUT2D eigenvalue weighted by Crippen LogP contribution is 2.20. The molecular weight excluding hydrogens is 1730 g/mol. The van der Waals surface area contributed by atoms with Crippen LogP contribution in [-0.4, -0.2) is 395 Å². The summed E-state index contributed by atoms with van der Waals surface area (Å²) in [4.78, 5) is 299. The zero-order valence-electron chi connectivity index (χ0n) is 68.8. The zero-order valence-corrected chi connectivity index (χ0v) is 68.8. The second-order valence-electron chi connectivity index (χ2n) is 27.1. The number of hydroxylamine groups is 14. The third-order valence-corrected chi connectivity index (χ3v) is 16.9. The van der Waals surface area contributed by atoms with Crippen LogP contribution < -0.4 is 0 Å². The quantitative estimate of drug-likeness (QED) is 0.0236. The Morgan fingerprint density at radius 1 is 0.205 bits per heavy atom. The van der Waals surface area contributed by atoms with Crippen molar-refractivity contribution >= 4 is 124 Å². The minimum atomic E-state index is -1.24. The summed E-state index contributed by atoms with van der Waals surface area (Å²) in [7, 11) is 0. The Bertz CT molecular complexity index is 3620. The highest BCUT2D eigenvalue weighted by atomic mass is 17.5. The van der Waals surface area contributed by atoms with Crippen LogP contribution in [0, 0.1) is 0 Å². The van der Waals surface area contributed by atoms with Gasteiger partial charge in [0.2, 0.25) is 0 Å². The van der Waals surface area contributed by atoms with Gasteiger partial charge in [-0.05, 0) is 6.92 Å². The van der Waals surface area contributed by atoms with E-state index in [9.17, 15) is 101 Å². The van der Waals surface area contributed by atoms with Crippen molar-refractivity contribution < 1.29 is 230 Å². The number of carbonyl (C=O) groups is 21. The Hall–Kier alpha value is -10.5. The fraction of sp³-hybridized carbons (Fsp3) is 0.708. The fourth-order valence-corrected chi connectivity index (χ4v) is 10.8. The van der Waals surface area contributed by atoms with Crippen LogP contribution in [0.4, 0.5) is 0 Å². The van der Waals surface area contributed by atoms with Gasteiger partial charge in [-0.15, -0.1) is 35.4 Å². The number of hydrogen-bond donors (Lipinski definition) is 0. The lowest BCUT2D eigenvalue weighted by atomic mass is 10.3. The van der Waals surface area contributed by atoms with E-state index in [1.165, 1.54) is 0 Å².